The number of fused-ring (bicyclic) bond motifs is 1. The van der Waals surface area contributed by atoms with E-state index in [0.717, 1.165) is 36.7 Å². The van der Waals surface area contributed by atoms with Crippen LogP contribution in [0, 0.1) is 11.8 Å². The van der Waals surface area contributed by atoms with Gasteiger partial charge in [-0.1, -0.05) is 26.0 Å². The van der Waals surface area contributed by atoms with E-state index in [1.807, 2.05) is 12.1 Å². The number of ether oxygens (including phenoxy) is 2. The van der Waals surface area contributed by atoms with E-state index in [1.54, 1.807) is 0 Å². The first kappa shape index (κ1) is 13.2. The lowest BCUT2D eigenvalue weighted by Crippen LogP contribution is -2.31. The molecule has 1 atom stereocenters. The largest absolute Gasteiger partial charge is 0.454 e. The molecule has 1 aromatic carbocycles. The molecule has 0 aromatic heterocycles. The Kier molecular flexibility index (Phi) is 4.44. The van der Waals surface area contributed by atoms with E-state index >= 15 is 0 Å². The number of nitrogens with two attached hydrogens (primary N) is 1. The number of benzene rings is 1. The lowest BCUT2D eigenvalue weighted by molar-refractivity contribution is 0.173. The average Bonchev–Trinajstić information content (AvgIpc) is 2.83. The van der Waals surface area contributed by atoms with Crippen LogP contribution in [0.2, 0.25) is 0 Å². The summed E-state index contributed by atoms with van der Waals surface area (Å²) in [5.41, 5.74) is 6.90. The maximum atomic E-state index is 5.76. The van der Waals surface area contributed by atoms with E-state index in [9.17, 15) is 0 Å². The number of nitrogens with one attached hydrogen (secondary N) is 1. The average molecular weight is 250 g/mol. The van der Waals surface area contributed by atoms with Gasteiger partial charge in [0.15, 0.2) is 11.5 Å². The summed E-state index contributed by atoms with van der Waals surface area (Å²) in [6.45, 7) is 7.17. The molecule has 0 aliphatic carbocycles. The van der Waals surface area contributed by atoms with Gasteiger partial charge in [0, 0.05) is 12.1 Å². The SMILES string of the molecule is CC(C)C(CN)CNCc1cccc2c1OCO2. The van der Waals surface area contributed by atoms with Gasteiger partial charge < -0.3 is 20.5 Å². The van der Waals surface area contributed by atoms with Crippen LogP contribution in [0.3, 0.4) is 0 Å². The predicted molar refractivity (Wildman–Crippen MR) is 71.7 cm³/mol. The fourth-order valence-corrected chi connectivity index (χ4v) is 2.11. The van der Waals surface area contributed by atoms with Gasteiger partial charge in [-0.25, -0.2) is 0 Å². The molecule has 0 radical (unpaired) electrons. The summed E-state index contributed by atoms with van der Waals surface area (Å²) in [5.74, 6) is 2.83. The van der Waals surface area contributed by atoms with E-state index in [2.05, 4.69) is 25.2 Å². The molecule has 0 saturated carbocycles. The molecule has 4 nitrogen and oxygen atoms in total. The first-order chi connectivity index (χ1) is 8.72. The monoisotopic (exact) mass is 250 g/mol. The van der Waals surface area contributed by atoms with Crippen molar-refractivity contribution < 1.29 is 9.47 Å². The molecule has 0 amide bonds. The van der Waals surface area contributed by atoms with Crippen molar-refractivity contribution in [1.29, 1.82) is 0 Å². The molecule has 18 heavy (non-hydrogen) atoms. The van der Waals surface area contributed by atoms with Gasteiger partial charge in [-0.2, -0.15) is 0 Å². The summed E-state index contributed by atoms with van der Waals surface area (Å²) >= 11 is 0. The third-order valence-electron chi connectivity index (χ3n) is 3.45. The molecule has 100 valence electrons. The minimum absolute atomic E-state index is 0.323. The fourth-order valence-electron chi connectivity index (χ4n) is 2.11. The highest BCUT2D eigenvalue weighted by Gasteiger charge is 2.17. The van der Waals surface area contributed by atoms with Gasteiger partial charge in [-0.15, -0.1) is 0 Å². The van der Waals surface area contributed by atoms with Gasteiger partial charge in [-0.05, 0) is 31.0 Å². The maximum absolute atomic E-state index is 5.76. The van der Waals surface area contributed by atoms with E-state index in [4.69, 9.17) is 15.2 Å². The molecular formula is C14H22N2O2. The van der Waals surface area contributed by atoms with E-state index in [1.165, 1.54) is 0 Å². The Hall–Kier alpha value is -1.26. The van der Waals surface area contributed by atoms with Crippen LogP contribution in [0.5, 0.6) is 11.5 Å². The standard InChI is InChI=1S/C14H22N2O2/c1-10(2)12(6-15)8-16-7-11-4-3-5-13-14(11)18-9-17-13/h3-5,10,12,16H,6-9,15H2,1-2H3. The van der Waals surface area contributed by atoms with Crippen molar-refractivity contribution in [2.45, 2.75) is 20.4 Å². The Labute approximate surface area is 108 Å². The molecule has 1 unspecified atom stereocenters. The second kappa shape index (κ2) is 6.07. The number of hydrogen-bond donors (Lipinski definition) is 2. The van der Waals surface area contributed by atoms with E-state index in [0.29, 0.717) is 18.6 Å². The first-order valence-electron chi connectivity index (χ1n) is 6.50. The summed E-state index contributed by atoms with van der Waals surface area (Å²) in [4.78, 5) is 0. The van der Waals surface area contributed by atoms with Crippen LogP contribution in [-0.4, -0.2) is 19.9 Å². The van der Waals surface area contributed by atoms with Gasteiger partial charge in [0.25, 0.3) is 0 Å². The van der Waals surface area contributed by atoms with Gasteiger partial charge in [0.2, 0.25) is 6.79 Å². The third kappa shape index (κ3) is 2.94. The Morgan fingerprint density at radius 2 is 2.17 bits per heavy atom. The Morgan fingerprint density at radius 3 is 2.89 bits per heavy atom. The molecule has 1 aliphatic rings. The fraction of sp³-hybridized carbons (Fsp3) is 0.571. The number of para-hydroxylation sites is 1. The van der Waals surface area contributed by atoms with Gasteiger partial charge >= 0.3 is 0 Å². The van der Waals surface area contributed by atoms with Crippen LogP contribution in [0.4, 0.5) is 0 Å². The highest BCUT2D eigenvalue weighted by atomic mass is 16.7. The quantitative estimate of drug-likeness (QED) is 0.807. The van der Waals surface area contributed by atoms with Crippen molar-refractivity contribution in [3.63, 3.8) is 0 Å². The molecule has 0 fully saturated rings. The number of hydrogen-bond acceptors (Lipinski definition) is 4. The van der Waals surface area contributed by atoms with Crippen LogP contribution in [-0.2, 0) is 6.54 Å². The highest BCUT2D eigenvalue weighted by molar-refractivity contribution is 5.48. The van der Waals surface area contributed by atoms with Crippen molar-refractivity contribution in [3.05, 3.63) is 23.8 Å². The highest BCUT2D eigenvalue weighted by Crippen LogP contribution is 2.35. The van der Waals surface area contributed by atoms with Crippen molar-refractivity contribution in [2.75, 3.05) is 19.9 Å². The lowest BCUT2D eigenvalue weighted by Gasteiger charge is -2.19. The minimum Gasteiger partial charge on any atom is -0.454 e. The van der Waals surface area contributed by atoms with Gasteiger partial charge in [0.05, 0.1) is 0 Å². The van der Waals surface area contributed by atoms with Crippen LogP contribution in [0.15, 0.2) is 18.2 Å². The second-order valence-electron chi connectivity index (χ2n) is 5.02. The molecule has 1 heterocycles. The summed E-state index contributed by atoms with van der Waals surface area (Å²) in [7, 11) is 0. The van der Waals surface area contributed by atoms with Crippen molar-refractivity contribution in [2.24, 2.45) is 17.6 Å². The Morgan fingerprint density at radius 1 is 1.33 bits per heavy atom. The normalized spacial score (nSPS) is 15.1. The summed E-state index contributed by atoms with van der Waals surface area (Å²) in [5, 5.41) is 3.45. The van der Waals surface area contributed by atoms with Gasteiger partial charge in [-0.3, -0.25) is 0 Å². The molecule has 4 heteroatoms. The summed E-state index contributed by atoms with van der Waals surface area (Å²) in [6.07, 6.45) is 0. The van der Waals surface area contributed by atoms with Crippen LogP contribution < -0.4 is 20.5 Å². The molecule has 2 rings (SSSR count). The molecule has 0 bridgehead atoms. The van der Waals surface area contributed by atoms with Crippen molar-refractivity contribution in [3.8, 4) is 11.5 Å². The Bertz CT molecular complexity index is 393. The van der Waals surface area contributed by atoms with Crippen LogP contribution >= 0.6 is 0 Å². The lowest BCUT2D eigenvalue weighted by atomic mass is 9.96. The zero-order chi connectivity index (χ0) is 13.0. The molecule has 3 N–H and O–H groups in total. The van der Waals surface area contributed by atoms with E-state index < -0.39 is 0 Å². The summed E-state index contributed by atoms with van der Waals surface area (Å²) in [6, 6.07) is 5.99. The van der Waals surface area contributed by atoms with Crippen molar-refractivity contribution in [1.82, 2.24) is 5.32 Å². The molecule has 0 spiro atoms. The second-order valence-corrected chi connectivity index (χ2v) is 5.02. The topological polar surface area (TPSA) is 56.5 Å². The first-order valence-corrected chi connectivity index (χ1v) is 6.50. The van der Waals surface area contributed by atoms with Gasteiger partial charge in [0.1, 0.15) is 0 Å². The maximum Gasteiger partial charge on any atom is 0.231 e. The van der Waals surface area contributed by atoms with Crippen LogP contribution in [0.1, 0.15) is 19.4 Å². The Balaban J connectivity index is 1.89. The zero-order valence-electron chi connectivity index (χ0n) is 11.1. The smallest absolute Gasteiger partial charge is 0.231 e. The minimum atomic E-state index is 0.323. The van der Waals surface area contributed by atoms with Crippen LogP contribution in [0.25, 0.3) is 0 Å². The molecule has 1 aliphatic heterocycles. The molecular weight excluding hydrogens is 228 g/mol. The predicted octanol–water partition coefficient (Wildman–Crippen LogP) is 1.74. The third-order valence-corrected chi connectivity index (χ3v) is 3.45. The molecule has 1 aromatic rings. The molecule has 0 saturated heterocycles. The summed E-state index contributed by atoms with van der Waals surface area (Å²) < 4.78 is 10.8. The van der Waals surface area contributed by atoms with E-state index in [-0.39, 0.29) is 0 Å². The number of rotatable bonds is 6. The zero-order valence-corrected chi connectivity index (χ0v) is 11.1. The van der Waals surface area contributed by atoms with Crippen molar-refractivity contribution >= 4 is 0 Å².